The van der Waals surface area contributed by atoms with Crippen molar-refractivity contribution in [2.75, 3.05) is 6.61 Å². The van der Waals surface area contributed by atoms with Crippen molar-refractivity contribution >= 4 is 5.97 Å². The van der Waals surface area contributed by atoms with Crippen LogP contribution < -0.4 is 17.0 Å². The van der Waals surface area contributed by atoms with E-state index in [9.17, 15) is 27.6 Å². The molecule has 0 spiro atoms. The number of nitrogens with zero attached hydrogens (tertiary/aromatic N) is 3. The van der Waals surface area contributed by atoms with E-state index in [1.807, 2.05) is 0 Å². The van der Waals surface area contributed by atoms with Gasteiger partial charge >= 0.3 is 17.3 Å². The number of allylic oxidation sites excluding steroid dienone is 1. The highest BCUT2D eigenvalue weighted by Crippen LogP contribution is 2.36. The predicted octanol–water partition coefficient (Wildman–Crippen LogP) is 2.95. The first-order valence-electron chi connectivity index (χ1n) is 12.2. The van der Waals surface area contributed by atoms with Crippen LogP contribution in [0, 0.1) is 5.92 Å². The third-order valence-corrected chi connectivity index (χ3v) is 6.11. The first kappa shape index (κ1) is 27.7. The molecule has 0 aliphatic heterocycles. The van der Waals surface area contributed by atoms with Crippen molar-refractivity contribution in [1.82, 2.24) is 14.1 Å². The Morgan fingerprint density at radius 3 is 2.56 bits per heavy atom. The number of ether oxygens (including phenoxy) is 2. The minimum atomic E-state index is -2.73. The van der Waals surface area contributed by atoms with Crippen LogP contribution in [0.5, 0.6) is 0 Å². The van der Waals surface area contributed by atoms with E-state index in [4.69, 9.17) is 9.47 Å². The third kappa shape index (κ3) is 7.31. The summed E-state index contributed by atoms with van der Waals surface area (Å²) in [6.45, 7) is 5.22. The lowest BCUT2D eigenvalue weighted by Crippen LogP contribution is -2.51. The topological polar surface area (TPSA) is 108 Å². The molecule has 9 nitrogen and oxygen atoms in total. The molecule has 1 atom stereocenters. The van der Waals surface area contributed by atoms with Crippen molar-refractivity contribution in [1.29, 1.82) is 0 Å². The Morgan fingerprint density at radius 2 is 1.94 bits per heavy atom. The van der Waals surface area contributed by atoms with Crippen LogP contribution in [0.15, 0.2) is 38.3 Å². The summed E-state index contributed by atoms with van der Waals surface area (Å²) in [5.41, 5.74) is -1.45. The van der Waals surface area contributed by atoms with Crippen molar-refractivity contribution in [3.63, 3.8) is 0 Å². The van der Waals surface area contributed by atoms with Crippen molar-refractivity contribution in [2.24, 2.45) is 10.9 Å². The van der Waals surface area contributed by atoms with Gasteiger partial charge in [0.2, 0.25) is 11.5 Å². The summed E-state index contributed by atoms with van der Waals surface area (Å²) in [6, 6.07) is 0. The van der Waals surface area contributed by atoms with Crippen molar-refractivity contribution in [3.8, 4) is 0 Å². The van der Waals surface area contributed by atoms with E-state index < -0.39 is 35.2 Å². The number of halogens is 3. The maximum Gasteiger partial charge on any atom is 0.334 e. The van der Waals surface area contributed by atoms with Gasteiger partial charge in [-0.1, -0.05) is 6.08 Å². The molecule has 1 aromatic rings. The van der Waals surface area contributed by atoms with Crippen LogP contribution in [-0.4, -0.2) is 44.8 Å². The Kier molecular flexibility index (Phi) is 9.15. The van der Waals surface area contributed by atoms with Gasteiger partial charge in [-0.2, -0.15) is 0 Å². The zero-order chi connectivity index (χ0) is 26.5. The zero-order valence-corrected chi connectivity index (χ0v) is 20.8. The highest BCUT2D eigenvalue weighted by atomic mass is 19.3. The van der Waals surface area contributed by atoms with E-state index in [0.717, 1.165) is 4.57 Å². The lowest BCUT2D eigenvalue weighted by atomic mass is 9.87. The number of aromatic amines is 1. The van der Waals surface area contributed by atoms with E-state index in [2.05, 4.69) is 9.98 Å². The van der Waals surface area contributed by atoms with Crippen molar-refractivity contribution < 1.29 is 27.4 Å². The number of alkyl halides is 2. The molecule has 1 heterocycles. The highest BCUT2D eigenvalue weighted by Gasteiger charge is 2.35. The lowest BCUT2D eigenvalue weighted by Gasteiger charge is -2.28. The van der Waals surface area contributed by atoms with Gasteiger partial charge in [-0.25, -0.2) is 32.3 Å². The van der Waals surface area contributed by atoms with Crippen LogP contribution in [0.1, 0.15) is 59.3 Å². The molecule has 12 heteroatoms. The van der Waals surface area contributed by atoms with Crippen LogP contribution in [0.3, 0.4) is 0 Å². The number of carbonyl (C=O) groups is 1. The molecule has 0 saturated heterocycles. The lowest BCUT2D eigenvalue weighted by molar-refractivity contribution is -0.143. The molecule has 0 bridgehead atoms. The van der Waals surface area contributed by atoms with Gasteiger partial charge in [0.15, 0.2) is 0 Å². The molecule has 2 aliphatic carbocycles. The Hall–Kier alpha value is -2.89. The summed E-state index contributed by atoms with van der Waals surface area (Å²) in [6.07, 6.45) is 1.73. The SMILES string of the molecule is CCOC(=O)CCn1c(=O)[nH]/c(=N\C2=CCC(OC(C)C)C(F)=C2)n(CC2CCC(F)(F)CC2)c1=O. The quantitative estimate of drug-likeness (QED) is 0.510. The smallest absolute Gasteiger partial charge is 0.334 e. The summed E-state index contributed by atoms with van der Waals surface area (Å²) in [7, 11) is 0. The van der Waals surface area contributed by atoms with E-state index in [-0.39, 0.29) is 81.6 Å². The van der Waals surface area contributed by atoms with Gasteiger partial charge in [0.25, 0.3) is 0 Å². The molecule has 1 saturated carbocycles. The van der Waals surface area contributed by atoms with Crippen LogP contribution in [0.4, 0.5) is 13.2 Å². The minimum absolute atomic E-state index is 0.0441. The van der Waals surface area contributed by atoms with Crippen molar-refractivity contribution in [2.45, 2.75) is 90.5 Å². The number of hydrogen-bond donors (Lipinski definition) is 1. The molecule has 0 aromatic carbocycles. The second kappa shape index (κ2) is 11.9. The fourth-order valence-corrected chi connectivity index (χ4v) is 4.26. The number of hydrogen-bond acceptors (Lipinski definition) is 6. The summed E-state index contributed by atoms with van der Waals surface area (Å²) < 4.78 is 54.3. The van der Waals surface area contributed by atoms with Gasteiger partial charge in [0.05, 0.1) is 24.8 Å². The van der Waals surface area contributed by atoms with E-state index in [1.165, 1.54) is 10.6 Å². The molecule has 200 valence electrons. The Bertz CT molecular complexity index is 1190. The molecule has 1 N–H and O–H groups in total. The average Bonchev–Trinajstić information content (AvgIpc) is 2.79. The second-order valence-electron chi connectivity index (χ2n) is 9.33. The Balaban J connectivity index is 1.97. The number of carbonyl (C=O) groups excluding carboxylic acids is 1. The number of aromatic nitrogens is 3. The number of esters is 1. The van der Waals surface area contributed by atoms with Crippen LogP contribution >= 0.6 is 0 Å². The molecule has 0 amide bonds. The molecule has 1 fully saturated rings. The minimum Gasteiger partial charge on any atom is -0.466 e. The standard InChI is InChI=1S/C24H33F3N4O5/c1-4-35-20(32)9-12-30-22(33)29-21(28-17-5-6-19(18(25)13-17)36-15(2)3)31(23(30)34)14-16-7-10-24(26,27)11-8-16/h5,13,15-16,19H,4,6-12,14H2,1-3H3,(H,28,29,33). The number of H-pyrrole nitrogens is 1. The summed E-state index contributed by atoms with van der Waals surface area (Å²) in [5, 5.41) is 0. The zero-order valence-electron chi connectivity index (χ0n) is 20.8. The monoisotopic (exact) mass is 514 g/mol. The molecular weight excluding hydrogens is 481 g/mol. The number of nitrogens with one attached hydrogen (secondary N) is 1. The van der Waals surface area contributed by atoms with Gasteiger partial charge in [0.1, 0.15) is 11.9 Å². The summed E-state index contributed by atoms with van der Waals surface area (Å²) in [5.74, 6) is -4.07. The third-order valence-electron chi connectivity index (χ3n) is 6.11. The maximum atomic E-state index is 14.5. The van der Waals surface area contributed by atoms with Crippen LogP contribution in [-0.2, 0) is 27.4 Å². The largest absolute Gasteiger partial charge is 0.466 e. The van der Waals surface area contributed by atoms with Crippen LogP contribution in [0.25, 0.3) is 0 Å². The highest BCUT2D eigenvalue weighted by molar-refractivity contribution is 5.69. The molecule has 0 radical (unpaired) electrons. The second-order valence-corrected chi connectivity index (χ2v) is 9.33. The summed E-state index contributed by atoms with van der Waals surface area (Å²) >= 11 is 0. The van der Waals surface area contributed by atoms with Gasteiger partial charge in [-0.15, -0.1) is 0 Å². The van der Waals surface area contributed by atoms with E-state index in [0.29, 0.717) is 0 Å². The normalized spacial score (nSPS) is 20.9. The first-order valence-corrected chi connectivity index (χ1v) is 12.2. The maximum absolute atomic E-state index is 14.5. The average molecular weight is 515 g/mol. The Morgan fingerprint density at radius 1 is 1.25 bits per heavy atom. The number of rotatable bonds is 9. The summed E-state index contributed by atoms with van der Waals surface area (Å²) in [4.78, 5) is 44.6. The van der Waals surface area contributed by atoms with E-state index in [1.54, 1.807) is 26.8 Å². The molecule has 2 aliphatic rings. The van der Waals surface area contributed by atoms with Gasteiger partial charge in [-0.05, 0) is 45.6 Å². The fourth-order valence-electron chi connectivity index (χ4n) is 4.26. The van der Waals surface area contributed by atoms with Gasteiger partial charge < -0.3 is 9.47 Å². The van der Waals surface area contributed by atoms with Gasteiger partial charge in [-0.3, -0.25) is 14.3 Å². The molecule has 36 heavy (non-hydrogen) atoms. The Labute approximate surface area is 206 Å². The molecule has 1 unspecified atom stereocenters. The fraction of sp³-hybridized carbons (Fsp3) is 0.667. The van der Waals surface area contributed by atoms with Gasteiger partial charge in [0, 0.05) is 32.4 Å². The van der Waals surface area contributed by atoms with E-state index >= 15 is 0 Å². The predicted molar refractivity (Wildman–Crippen MR) is 125 cm³/mol. The molecule has 3 rings (SSSR count). The van der Waals surface area contributed by atoms with Crippen LogP contribution in [0.2, 0.25) is 0 Å². The van der Waals surface area contributed by atoms with Crippen molar-refractivity contribution in [3.05, 3.63) is 50.3 Å². The molecular formula is C24H33F3N4O5. The molecule has 1 aromatic heterocycles. The first-order chi connectivity index (χ1) is 17.0.